The van der Waals surface area contributed by atoms with E-state index in [1.165, 1.54) is 12.1 Å². The van der Waals surface area contributed by atoms with Crippen molar-refractivity contribution in [2.45, 2.75) is 6.36 Å². The summed E-state index contributed by atoms with van der Waals surface area (Å²) >= 11 is 2.95. The number of methoxy groups -OCH3 is 1. The molecular weight excluding hydrogens is 293 g/mol. The molecule has 0 amide bonds. The van der Waals surface area contributed by atoms with Gasteiger partial charge < -0.3 is 9.47 Å². The molecule has 0 saturated heterocycles. The Balaban J connectivity index is 3.18. The molecule has 3 nitrogen and oxygen atoms in total. The van der Waals surface area contributed by atoms with Gasteiger partial charge in [-0.1, -0.05) is 6.07 Å². The molecule has 16 heavy (non-hydrogen) atoms. The highest BCUT2D eigenvalue weighted by Gasteiger charge is 2.33. The van der Waals surface area contributed by atoms with Crippen molar-refractivity contribution in [1.29, 1.82) is 0 Å². The molecule has 1 rings (SSSR count). The van der Waals surface area contributed by atoms with Gasteiger partial charge in [-0.25, -0.2) is 4.79 Å². The van der Waals surface area contributed by atoms with Crippen LogP contribution in [0.25, 0.3) is 0 Å². The summed E-state index contributed by atoms with van der Waals surface area (Å²) in [6.45, 7) is 0. The van der Waals surface area contributed by atoms with Crippen LogP contribution in [0, 0.1) is 0 Å². The Morgan fingerprint density at radius 3 is 2.50 bits per heavy atom. The number of ether oxygens (including phenoxy) is 2. The van der Waals surface area contributed by atoms with E-state index < -0.39 is 18.1 Å². The predicted octanol–water partition coefficient (Wildman–Crippen LogP) is 3.13. The van der Waals surface area contributed by atoms with E-state index >= 15 is 0 Å². The first-order valence-corrected chi connectivity index (χ1v) is 4.77. The van der Waals surface area contributed by atoms with E-state index in [9.17, 15) is 18.0 Å². The molecule has 0 aromatic heterocycles. The van der Waals surface area contributed by atoms with E-state index in [1.54, 1.807) is 0 Å². The maximum absolute atomic E-state index is 12.0. The van der Waals surface area contributed by atoms with E-state index in [1.807, 2.05) is 0 Å². The van der Waals surface area contributed by atoms with Crippen LogP contribution in [-0.2, 0) is 4.74 Å². The summed E-state index contributed by atoms with van der Waals surface area (Å²) in [4.78, 5) is 11.2. The summed E-state index contributed by atoms with van der Waals surface area (Å²) in [6, 6.07) is 3.76. The molecule has 0 spiro atoms. The summed E-state index contributed by atoms with van der Waals surface area (Å²) < 4.78 is 44.3. The summed E-state index contributed by atoms with van der Waals surface area (Å²) in [5.74, 6) is -1.51. The summed E-state index contributed by atoms with van der Waals surface area (Å²) in [5.41, 5.74) is -0.303. The van der Waals surface area contributed by atoms with Gasteiger partial charge in [-0.2, -0.15) is 0 Å². The van der Waals surface area contributed by atoms with Gasteiger partial charge >= 0.3 is 12.3 Å². The van der Waals surface area contributed by atoms with E-state index in [4.69, 9.17) is 0 Å². The lowest BCUT2D eigenvalue weighted by atomic mass is 10.2. The van der Waals surface area contributed by atoms with Crippen LogP contribution in [0.15, 0.2) is 22.7 Å². The van der Waals surface area contributed by atoms with E-state index in [-0.39, 0.29) is 10.0 Å². The van der Waals surface area contributed by atoms with Crippen molar-refractivity contribution in [3.8, 4) is 5.75 Å². The largest absolute Gasteiger partial charge is 0.573 e. The van der Waals surface area contributed by atoms with Crippen molar-refractivity contribution in [2.75, 3.05) is 7.11 Å². The number of esters is 1. The quantitative estimate of drug-likeness (QED) is 0.787. The van der Waals surface area contributed by atoms with Gasteiger partial charge in [-0.15, -0.1) is 13.2 Å². The minimum atomic E-state index is -4.86. The molecule has 0 aliphatic carbocycles. The number of carbonyl (C=O) groups is 1. The molecule has 0 radical (unpaired) electrons. The zero-order valence-electron chi connectivity index (χ0n) is 7.97. The third-order valence-corrected chi connectivity index (χ3v) is 2.25. The zero-order chi connectivity index (χ0) is 12.3. The molecular formula is C9H6BrF3O3. The van der Waals surface area contributed by atoms with Gasteiger partial charge in [0.05, 0.1) is 7.11 Å². The molecule has 1 aromatic rings. The topological polar surface area (TPSA) is 35.5 Å². The second-order valence-corrected chi connectivity index (χ2v) is 3.51. The smallest absolute Gasteiger partial charge is 0.465 e. The first-order chi connectivity index (χ1) is 7.35. The van der Waals surface area contributed by atoms with Crippen LogP contribution >= 0.6 is 15.9 Å². The average molecular weight is 299 g/mol. The predicted molar refractivity (Wildman–Crippen MR) is 52.2 cm³/mol. The highest BCUT2D eigenvalue weighted by molar-refractivity contribution is 9.10. The lowest BCUT2D eigenvalue weighted by molar-refractivity contribution is -0.274. The van der Waals surface area contributed by atoms with Gasteiger partial charge in [0.15, 0.2) is 0 Å². The monoisotopic (exact) mass is 298 g/mol. The van der Waals surface area contributed by atoms with Crippen LogP contribution in [0.3, 0.4) is 0 Å². The molecule has 0 saturated carbocycles. The lowest BCUT2D eigenvalue weighted by Crippen LogP contribution is -2.19. The van der Waals surface area contributed by atoms with Crippen LogP contribution in [0.4, 0.5) is 13.2 Å². The van der Waals surface area contributed by atoms with Gasteiger partial charge in [0.25, 0.3) is 0 Å². The Labute approximate surface area is 97.3 Å². The SMILES string of the molecule is COC(=O)c1c(Br)cccc1OC(F)(F)F. The zero-order valence-corrected chi connectivity index (χ0v) is 9.55. The summed E-state index contributed by atoms with van der Waals surface area (Å²) in [7, 11) is 1.07. The minimum absolute atomic E-state index is 0.168. The van der Waals surface area contributed by atoms with Crippen molar-refractivity contribution in [1.82, 2.24) is 0 Å². The first-order valence-electron chi connectivity index (χ1n) is 3.97. The number of alkyl halides is 3. The third kappa shape index (κ3) is 3.13. The molecule has 0 atom stereocenters. The van der Waals surface area contributed by atoms with E-state index in [0.29, 0.717) is 0 Å². The molecule has 88 valence electrons. The van der Waals surface area contributed by atoms with Gasteiger partial charge in [0.1, 0.15) is 11.3 Å². The Hall–Kier alpha value is -1.24. The fourth-order valence-corrected chi connectivity index (χ4v) is 1.52. The van der Waals surface area contributed by atoms with E-state index in [0.717, 1.165) is 13.2 Å². The average Bonchev–Trinajstić information content (AvgIpc) is 2.14. The Morgan fingerprint density at radius 1 is 1.38 bits per heavy atom. The molecule has 7 heteroatoms. The first kappa shape index (κ1) is 12.8. The fraction of sp³-hybridized carbons (Fsp3) is 0.222. The molecule has 0 fully saturated rings. The van der Waals surface area contributed by atoms with Crippen molar-refractivity contribution in [2.24, 2.45) is 0 Å². The molecule has 0 aliphatic heterocycles. The molecule has 0 heterocycles. The van der Waals surface area contributed by atoms with Crippen molar-refractivity contribution >= 4 is 21.9 Å². The molecule has 0 aliphatic rings. The Morgan fingerprint density at radius 2 is 2.00 bits per heavy atom. The summed E-state index contributed by atoms with van der Waals surface area (Å²) in [5, 5.41) is 0. The second-order valence-electron chi connectivity index (χ2n) is 2.65. The highest BCUT2D eigenvalue weighted by Crippen LogP contribution is 2.31. The minimum Gasteiger partial charge on any atom is -0.465 e. The second kappa shape index (κ2) is 4.73. The number of hydrogen-bond donors (Lipinski definition) is 0. The van der Waals surface area contributed by atoms with Gasteiger partial charge in [0, 0.05) is 4.47 Å². The number of halogens is 4. The van der Waals surface area contributed by atoms with Crippen molar-refractivity contribution in [3.05, 3.63) is 28.2 Å². The van der Waals surface area contributed by atoms with Gasteiger partial charge in [-0.3, -0.25) is 0 Å². The van der Waals surface area contributed by atoms with Crippen LogP contribution in [0.1, 0.15) is 10.4 Å². The van der Waals surface area contributed by atoms with Crippen molar-refractivity contribution in [3.63, 3.8) is 0 Å². The fourth-order valence-electron chi connectivity index (χ4n) is 1.01. The highest BCUT2D eigenvalue weighted by atomic mass is 79.9. The molecule has 0 N–H and O–H groups in total. The van der Waals surface area contributed by atoms with Crippen LogP contribution in [0.5, 0.6) is 5.75 Å². The number of rotatable bonds is 2. The number of carbonyl (C=O) groups excluding carboxylic acids is 1. The van der Waals surface area contributed by atoms with E-state index in [2.05, 4.69) is 25.4 Å². The van der Waals surface area contributed by atoms with Crippen LogP contribution in [-0.4, -0.2) is 19.4 Å². The molecule has 0 bridgehead atoms. The standard InChI is InChI=1S/C9H6BrF3O3/c1-15-8(14)7-5(10)3-2-4-6(7)16-9(11,12)13/h2-4H,1H3. The maximum Gasteiger partial charge on any atom is 0.573 e. The third-order valence-electron chi connectivity index (χ3n) is 1.59. The van der Waals surface area contributed by atoms with Crippen molar-refractivity contribution < 1.29 is 27.4 Å². The summed E-state index contributed by atoms with van der Waals surface area (Å²) in [6.07, 6.45) is -4.86. The van der Waals surface area contributed by atoms with Gasteiger partial charge in [-0.05, 0) is 28.1 Å². The number of benzene rings is 1. The Kier molecular flexibility index (Phi) is 3.79. The molecule has 1 aromatic carbocycles. The number of hydrogen-bond acceptors (Lipinski definition) is 3. The van der Waals surface area contributed by atoms with Crippen LogP contribution < -0.4 is 4.74 Å². The Bertz CT molecular complexity index is 403. The normalized spacial score (nSPS) is 11.1. The maximum atomic E-state index is 12.0. The lowest BCUT2D eigenvalue weighted by Gasteiger charge is -2.12. The van der Waals surface area contributed by atoms with Gasteiger partial charge in [0.2, 0.25) is 0 Å². The molecule has 0 unspecified atom stereocenters. The van der Waals surface area contributed by atoms with Crippen LogP contribution in [0.2, 0.25) is 0 Å².